The van der Waals surface area contributed by atoms with E-state index in [-0.39, 0.29) is 11.4 Å². The number of hydrogen-bond acceptors (Lipinski definition) is 4. The van der Waals surface area contributed by atoms with Crippen LogP contribution in [0.3, 0.4) is 0 Å². The van der Waals surface area contributed by atoms with Crippen LogP contribution in [0, 0.1) is 0 Å². The SMILES string of the molecule is CN/C(NC1(C)CC1)=C(\C)C(C(=O)N1CCC(c2ccccn2)C1)=C(C)C. The summed E-state index contributed by atoms with van der Waals surface area (Å²) in [7, 11) is 1.91. The van der Waals surface area contributed by atoms with Crippen molar-refractivity contribution in [1.82, 2.24) is 20.5 Å². The van der Waals surface area contributed by atoms with Crippen LogP contribution in [0.1, 0.15) is 58.6 Å². The summed E-state index contributed by atoms with van der Waals surface area (Å²) in [4.78, 5) is 19.8. The van der Waals surface area contributed by atoms with Gasteiger partial charge in [-0.25, -0.2) is 0 Å². The predicted octanol–water partition coefficient (Wildman–Crippen LogP) is 3.33. The van der Waals surface area contributed by atoms with Gasteiger partial charge in [-0.3, -0.25) is 9.78 Å². The summed E-state index contributed by atoms with van der Waals surface area (Å²) in [5, 5.41) is 6.85. The number of rotatable bonds is 6. The third-order valence-electron chi connectivity index (χ3n) is 5.72. The van der Waals surface area contributed by atoms with Crippen LogP contribution in [0.5, 0.6) is 0 Å². The molecule has 2 fully saturated rings. The van der Waals surface area contributed by atoms with Crippen LogP contribution in [0.25, 0.3) is 0 Å². The maximum Gasteiger partial charge on any atom is 0.254 e. The number of hydrogen-bond donors (Lipinski definition) is 2. The Morgan fingerprint density at radius 1 is 1.26 bits per heavy atom. The molecule has 0 bridgehead atoms. The molecule has 1 amide bonds. The molecule has 1 aromatic heterocycles. The maximum atomic E-state index is 13.4. The van der Waals surface area contributed by atoms with Crippen molar-refractivity contribution < 1.29 is 4.79 Å². The van der Waals surface area contributed by atoms with Crippen LogP contribution in [0.2, 0.25) is 0 Å². The van der Waals surface area contributed by atoms with Gasteiger partial charge in [-0.1, -0.05) is 11.6 Å². The number of likely N-dealkylation sites (tertiary alicyclic amines) is 1. The molecule has 1 unspecified atom stereocenters. The number of amides is 1. The van der Waals surface area contributed by atoms with E-state index in [2.05, 4.69) is 28.6 Å². The standard InChI is InChI=1S/C22H32N4O/c1-15(2)19(16(3)20(23-5)25-22(4)10-11-22)21(27)26-13-9-17(14-26)18-8-6-7-12-24-18/h6-8,12,17,23,25H,9-11,13-14H2,1-5H3/b20-16-. The number of aromatic nitrogens is 1. The van der Waals surface area contributed by atoms with Gasteiger partial charge in [-0.15, -0.1) is 0 Å². The Kier molecular flexibility index (Phi) is 5.59. The van der Waals surface area contributed by atoms with Crippen LogP contribution in [0.15, 0.2) is 46.9 Å². The molecule has 2 N–H and O–H groups in total. The number of carbonyl (C=O) groups is 1. The smallest absolute Gasteiger partial charge is 0.254 e. The van der Waals surface area contributed by atoms with E-state index in [4.69, 9.17) is 0 Å². The molecule has 2 aliphatic rings. The third kappa shape index (κ3) is 4.34. The zero-order valence-electron chi connectivity index (χ0n) is 17.2. The Morgan fingerprint density at radius 2 is 2.00 bits per heavy atom. The summed E-state index contributed by atoms with van der Waals surface area (Å²) in [6.07, 6.45) is 5.14. The van der Waals surface area contributed by atoms with Crippen molar-refractivity contribution in [1.29, 1.82) is 0 Å². The van der Waals surface area contributed by atoms with Gasteiger partial charge in [0.1, 0.15) is 5.82 Å². The van der Waals surface area contributed by atoms with Crippen LogP contribution in [-0.4, -0.2) is 41.5 Å². The van der Waals surface area contributed by atoms with E-state index in [1.165, 1.54) is 12.8 Å². The highest BCUT2D eigenvalue weighted by atomic mass is 16.2. The normalized spacial score (nSPS) is 21.4. The Labute approximate surface area is 162 Å². The van der Waals surface area contributed by atoms with Gasteiger partial charge >= 0.3 is 0 Å². The molecule has 27 heavy (non-hydrogen) atoms. The minimum absolute atomic E-state index is 0.126. The van der Waals surface area contributed by atoms with E-state index < -0.39 is 0 Å². The van der Waals surface area contributed by atoms with Gasteiger partial charge < -0.3 is 15.5 Å². The molecule has 5 nitrogen and oxygen atoms in total. The van der Waals surface area contributed by atoms with Gasteiger partial charge in [0.25, 0.3) is 5.91 Å². The molecule has 1 aliphatic heterocycles. The van der Waals surface area contributed by atoms with E-state index in [0.717, 1.165) is 47.7 Å². The highest BCUT2D eigenvalue weighted by Crippen LogP contribution is 2.36. The minimum Gasteiger partial charge on any atom is -0.375 e. The molecule has 5 heteroatoms. The fourth-order valence-corrected chi connectivity index (χ4v) is 3.79. The fourth-order valence-electron chi connectivity index (χ4n) is 3.79. The first-order valence-electron chi connectivity index (χ1n) is 9.89. The van der Waals surface area contributed by atoms with Gasteiger partial charge in [0, 0.05) is 54.6 Å². The van der Waals surface area contributed by atoms with Gasteiger partial charge in [-0.2, -0.15) is 0 Å². The first-order chi connectivity index (χ1) is 12.8. The lowest BCUT2D eigenvalue weighted by Crippen LogP contribution is -2.36. The van der Waals surface area contributed by atoms with Crippen molar-refractivity contribution in [3.05, 3.63) is 52.6 Å². The quantitative estimate of drug-likeness (QED) is 0.597. The fraction of sp³-hybridized carbons (Fsp3) is 0.545. The molecule has 0 spiro atoms. The third-order valence-corrected chi connectivity index (χ3v) is 5.72. The second kappa shape index (κ2) is 7.75. The van der Waals surface area contributed by atoms with Crippen molar-refractivity contribution >= 4 is 5.91 Å². The Bertz CT molecular complexity index is 758. The molecule has 3 rings (SSSR count). The zero-order chi connectivity index (χ0) is 19.6. The molecule has 1 aromatic rings. The van der Waals surface area contributed by atoms with E-state index in [0.29, 0.717) is 5.92 Å². The second-order valence-corrected chi connectivity index (χ2v) is 8.30. The van der Waals surface area contributed by atoms with Crippen LogP contribution in [-0.2, 0) is 4.79 Å². The summed E-state index contributed by atoms with van der Waals surface area (Å²) in [6.45, 7) is 9.82. The van der Waals surface area contributed by atoms with Crippen molar-refractivity contribution in [2.24, 2.45) is 0 Å². The van der Waals surface area contributed by atoms with Crippen LogP contribution in [0.4, 0.5) is 0 Å². The lowest BCUT2D eigenvalue weighted by atomic mass is 10.0. The van der Waals surface area contributed by atoms with Crippen molar-refractivity contribution in [3.63, 3.8) is 0 Å². The van der Waals surface area contributed by atoms with E-state index in [1.54, 1.807) is 0 Å². The molecule has 1 saturated carbocycles. The van der Waals surface area contributed by atoms with Gasteiger partial charge in [-0.05, 0) is 59.1 Å². The first-order valence-corrected chi connectivity index (χ1v) is 9.89. The topological polar surface area (TPSA) is 57.3 Å². The molecular weight excluding hydrogens is 336 g/mol. The van der Waals surface area contributed by atoms with Gasteiger partial charge in [0.05, 0.1) is 0 Å². The average molecular weight is 369 g/mol. The largest absolute Gasteiger partial charge is 0.375 e. The summed E-state index contributed by atoms with van der Waals surface area (Å²) in [6, 6.07) is 6.01. The van der Waals surface area contributed by atoms with Crippen molar-refractivity contribution in [2.45, 2.75) is 58.4 Å². The number of nitrogens with zero attached hydrogens (tertiary/aromatic N) is 2. The number of pyridine rings is 1. The lowest BCUT2D eigenvalue weighted by molar-refractivity contribution is -0.126. The summed E-state index contributed by atoms with van der Waals surface area (Å²) >= 11 is 0. The average Bonchev–Trinajstić information content (AvgIpc) is 3.18. The molecule has 1 aliphatic carbocycles. The second-order valence-electron chi connectivity index (χ2n) is 8.30. The lowest BCUT2D eigenvalue weighted by Gasteiger charge is -2.24. The van der Waals surface area contributed by atoms with E-state index in [9.17, 15) is 4.79 Å². The monoisotopic (exact) mass is 368 g/mol. The molecule has 0 aromatic carbocycles. The molecule has 146 valence electrons. The first kappa shape index (κ1) is 19.5. The van der Waals surface area contributed by atoms with Crippen molar-refractivity contribution in [2.75, 3.05) is 20.1 Å². The van der Waals surface area contributed by atoms with Gasteiger partial charge in [0.2, 0.25) is 0 Å². The minimum atomic E-state index is 0.126. The Morgan fingerprint density at radius 3 is 2.56 bits per heavy atom. The molecule has 2 heterocycles. The number of nitrogens with one attached hydrogen (secondary N) is 2. The molecule has 0 radical (unpaired) electrons. The van der Waals surface area contributed by atoms with Gasteiger partial charge in [0.15, 0.2) is 0 Å². The van der Waals surface area contributed by atoms with Crippen molar-refractivity contribution in [3.8, 4) is 0 Å². The van der Waals surface area contributed by atoms with E-state index >= 15 is 0 Å². The summed E-state index contributed by atoms with van der Waals surface area (Å²) in [5.41, 5.74) is 4.11. The summed E-state index contributed by atoms with van der Waals surface area (Å²) in [5.74, 6) is 1.41. The van der Waals surface area contributed by atoms with Crippen LogP contribution >= 0.6 is 0 Å². The molecule has 1 saturated heterocycles. The number of carbonyl (C=O) groups excluding carboxylic acids is 1. The Balaban J connectivity index is 1.79. The maximum absolute atomic E-state index is 13.4. The number of allylic oxidation sites excluding steroid dienone is 1. The van der Waals surface area contributed by atoms with Crippen LogP contribution < -0.4 is 10.6 Å². The highest BCUT2D eigenvalue weighted by molar-refractivity contribution is 5.98. The zero-order valence-corrected chi connectivity index (χ0v) is 17.2. The van der Waals surface area contributed by atoms with E-state index in [1.807, 2.05) is 51.0 Å². The molecule has 1 atom stereocenters. The Hall–Kier alpha value is -2.30. The summed E-state index contributed by atoms with van der Waals surface area (Å²) < 4.78 is 0. The molecular formula is C22H32N4O. The highest BCUT2D eigenvalue weighted by Gasteiger charge is 2.38. The predicted molar refractivity (Wildman–Crippen MR) is 109 cm³/mol.